The molecular weight excluding hydrogens is 546 g/mol. The molecule has 0 fully saturated rings. The number of methoxy groups -OCH3 is 1. The number of para-hydroxylation sites is 1. The molecule has 1 N–H and O–H groups in total. The molecule has 0 bridgehead atoms. The van der Waals surface area contributed by atoms with Crippen molar-refractivity contribution >= 4 is 33.9 Å². The minimum atomic E-state index is -0.387. The number of hydrogen-bond donors (Lipinski definition) is 1. The van der Waals surface area contributed by atoms with E-state index in [1.54, 1.807) is 30.7 Å². The lowest BCUT2D eigenvalue weighted by molar-refractivity contribution is -0.384. The van der Waals surface area contributed by atoms with Crippen LogP contribution in [0.15, 0.2) is 61.2 Å². The summed E-state index contributed by atoms with van der Waals surface area (Å²) < 4.78 is 7.96. The third kappa shape index (κ3) is 5.44. The van der Waals surface area contributed by atoms with E-state index in [-0.39, 0.29) is 16.6 Å². The van der Waals surface area contributed by atoms with Crippen molar-refractivity contribution in [1.82, 2.24) is 29.4 Å². The Bertz CT molecular complexity index is 1800. The molecule has 3 aromatic heterocycles. The molecular formula is C31H33N9O3. The number of aryl methyl sites for hydroxylation is 2. The van der Waals surface area contributed by atoms with E-state index < -0.39 is 0 Å². The van der Waals surface area contributed by atoms with Gasteiger partial charge in [-0.25, -0.2) is 19.9 Å². The highest BCUT2D eigenvalue weighted by Crippen LogP contribution is 2.41. The van der Waals surface area contributed by atoms with Gasteiger partial charge in [0.05, 0.1) is 34.5 Å². The molecule has 6 rings (SSSR count). The zero-order valence-electron chi connectivity index (χ0n) is 24.6. The van der Waals surface area contributed by atoms with Crippen molar-refractivity contribution in [3.63, 3.8) is 0 Å². The van der Waals surface area contributed by atoms with Gasteiger partial charge in [0.1, 0.15) is 11.4 Å². The Kier molecular flexibility index (Phi) is 7.59. The van der Waals surface area contributed by atoms with Gasteiger partial charge in [-0.3, -0.25) is 10.1 Å². The van der Waals surface area contributed by atoms with Crippen molar-refractivity contribution in [1.29, 1.82) is 0 Å². The number of ether oxygens (including phenoxy) is 1. The minimum absolute atomic E-state index is 0.0481. The Morgan fingerprint density at radius 3 is 2.63 bits per heavy atom. The van der Waals surface area contributed by atoms with Gasteiger partial charge in [0.15, 0.2) is 5.82 Å². The van der Waals surface area contributed by atoms with Crippen LogP contribution in [0.5, 0.6) is 5.75 Å². The van der Waals surface area contributed by atoms with Crippen LogP contribution in [0.2, 0.25) is 0 Å². The van der Waals surface area contributed by atoms with Crippen LogP contribution in [-0.2, 0) is 13.0 Å². The highest BCUT2D eigenvalue weighted by molar-refractivity contribution is 6.00. The average molecular weight is 580 g/mol. The Hall–Kier alpha value is -5.10. The predicted molar refractivity (Wildman–Crippen MR) is 167 cm³/mol. The molecule has 0 spiro atoms. The number of nitro groups is 1. The van der Waals surface area contributed by atoms with E-state index in [1.165, 1.54) is 24.3 Å². The Labute approximate surface area is 249 Å². The van der Waals surface area contributed by atoms with Gasteiger partial charge >= 0.3 is 0 Å². The van der Waals surface area contributed by atoms with Gasteiger partial charge in [-0.15, -0.1) is 0 Å². The standard InChI is InChI=1S/C31H33N9O3/c1-37(2)14-15-38(3)25-17-27(43-4)24(16-26(25)40(41)42)35-31-34-18-22(30-32-11-7-12-33-30)28(36-31)23-19-39-13-6-9-20-8-5-10-21(23)29(20)39/h5,7-8,10-12,16-19H,6,9,13-15H2,1-4H3,(H,34,35,36). The van der Waals surface area contributed by atoms with Gasteiger partial charge in [-0.05, 0) is 38.6 Å². The van der Waals surface area contributed by atoms with Crippen molar-refractivity contribution in [2.45, 2.75) is 19.4 Å². The Morgan fingerprint density at radius 2 is 1.88 bits per heavy atom. The van der Waals surface area contributed by atoms with E-state index in [0.717, 1.165) is 36.9 Å². The van der Waals surface area contributed by atoms with E-state index in [4.69, 9.17) is 9.72 Å². The molecule has 0 saturated carbocycles. The van der Waals surface area contributed by atoms with Crippen LogP contribution in [-0.4, -0.2) is 75.7 Å². The second-order valence-electron chi connectivity index (χ2n) is 10.8. The van der Waals surface area contributed by atoms with Crippen molar-refractivity contribution in [2.24, 2.45) is 0 Å². The number of likely N-dealkylation sites (N-methyl/N-ethyl adjacent to an activating group) is 2. The summed E-state index contributed by atoms with van der Waals surface area (Å²) in [7, 11) is 7.29. The summed E-state index contributed by atoms with van der Waals surface area (Å²) >= 11 is 0. The van der Waals surface area contributed by atoms with Crippen LogP contribution in [0.4, 0.5) is 23.0 Å². The average Bonchev–Trinajstić information content (AvgIpc) is 3.40. The van der Waals surface area contributed by atoms with Crippen LogP contribution >= 0.6 is 0 Å². The third-order valence-corrected chi connectivity index (χ3v) is 7.71. The summed E-state index contributed by atoms with van der Waals surface area (Å²) in [6.07, 6.45) is 9.31. The quantitative estimate of drug-likeness (QED) is 0.175. The monoisotopic (exact) mass is 579 g/mol. The number of nitrogens with one attached hydrogen (secondary N) is 1. The van der Waals surface area contributed by atoms with Crippen molar-refractivity contribution in [2.75, 3.05) is 51.6 Å². The van der Waals surface area contributed by atoms with Crippen LogP contribution < -0.4 is 15.0 Å². The van der Waals surface area contributed by atoms with E-state index in [1.807, 2.05) is 30.9 Å². The zero-order chi connectivity index (χ0) is 30.1. The van der Waals surface area contributed by atoms with Gasteiger partial charge in [0.2, 0.25) is 5.95 Å². The first-order valence-corrected chi connectivity index (χ1v) is 14.1. The maximum Gasteiger partial charge on any atom is 0.294 e. The second kappa shape index (κ2) is 11.6. The van der Waals surface area contributed by atoms with Crippen molar-refractivity contribution in [3.8, 4) is 28.4 Å². The summed E-state index contributed by atoms with van der Waals surface area (Å²) in [5, 5.41) is 16.4. The number of anilines is 3. The molecule has 43 heavy (non-hydrogen) atoms. The van der Waals surface area contributed by atoms with Gasteiger partial charge < -0.3 is 24.4 Å². The Balaban J connectivity index is 1.45. The SMILES string of the molecule is COc1cc(N(C)CCN(C)C)c([N+](=O)[O-])cc1Nc1ncc(-c2ncccn2)c(-c2cn3c4c(cccc24)CCC3)n1. The molecule has 1 aliphatic heterocycles. The molecule has 12 nitrogen and oxygen atoms in total. The number of aromatic nitrogens is 5. The van der Waals surface area contributed by atoms with Crippen LogP contribution in [0.1, 0.15) is 12.0 Å². The van der Waals surface area contributed by atoms with Gasteiger partial charge in [0, 0.05) is 74.6 Å². The smallest absolute Gasteiger partial charge is 0.294 e. The number of hydrogen-bond acceptors (Lipinski definition) is 10. The molecule has 0 unspecified atom stereocenters. The second-order valence-corrected chi connectivity index (χ2v) is 10.8. The van der Waals surface area contributed by atoms with Crippen LogP contribution in [0, 0.1) is 10.1 Å². The molecule has 1 aliphatic rings. The molecule has 12 heteroatoms. The fourth-order valence-corrected chi connectivity index (χ4v) is 5.56. The molecule has 0 amide bonds. The summed E-state index contributed by atoms with van der Waals surface area (Å²) in [5.74, 6) is 1.21. The molecule has 0 aliphatic carbocycles. The third-order valence-electron chi connectivity index (χ3n) is 7.71. The lowest BCUT2D eigenvalue weighted by Crippen LogP contribution is -2.28. The summed E-state index contributed by atoms with van der Waals surface area (Å²) in [5.41, 5.74) is 5.62. The Morgan fingerprint density at radius 1 is 1.07 bits per heavy atom. The van der Waals surface area contributed by atoms with Crippen LogP contribution in [0.25, 0.3) is 33.5 Å². The van der Waals surface area contributed by atoms with E-state index in [0.29, 0.717) is 40.8 Å². The zero-order valence-corrected chi connectivity index (χ0v) is 24.6. The maximum atomic E-state index is 12.1. The van der Waals surface area contributed by atoms with Gasteiger partial charge in [-0.2, -0.15) is 0 Å². The molecule has 0 saturated heterocycles. The summed E-state index contributed by atoms with van der Waals surface area (Å²) in [4.78, 5) is 34.1. The van der Waals surface area contributed by atoms with Gasteiger partial charge in [-0.1, -0.05) is 18.2 Å². The molecule has 4 heterocycles. The summed E-state index contributed by atoms with van der Waals surface area (Å²) in [6, 6.07) is 11.3. The van der Waals surface area contributed by atoms with E-state index in [2.05, 4.69) is 49.2 Å². The van der Waals surface area contributed by atoms with E-state index in [9.17, 15) is 10.1 Å². The lowest BCUT2D eigenvalue weighted by atomic mass is 10.0. The fourth-order valence-electron chi connectivity index (χ4n) is 5.56. The maximum absolute atomic E-state index is 12.1. The highest BCUT2D eigenvalue weighted by atomic mass is 16.6. The minimum Gasteiger partial charge on any atom is -0.494 e. The lowest BCUT2D eigenvalue weighted by Gasteiger charge is -2.22. The molecule has 0 radical (unpaired) electrons. The first kappa shape index (κ1) is 28.0. The van der Waals surface area contributed by atoms with E-state index >= 15 is 0 Å². The molecule has 220 valence electrons. The molecule has 5 aromatic rings. The number of rotatable bonds is 10. The van der Waals surface area contributed by atoms with Crippen molar-refractivity contribution in [3.05, 3.63) is 76.9 Å². The number of benzene rings is 2. The number of nitro benzene ring substituents is 1. The first-order valence-electron chi connectivity index (χ1n) is 14.1. The number of nitrogens with zero attached hydrogens (tertiary/aromatic N) is 8. The molecule has 0 atom stereocenters. The van der Waals surface area contributed by atoms with Crippen molar-refractivity contribution < 1.29 is 9.66 Å². The van der Waals surface area contributed by atoms with Gasteiger partial charge in [0.25, 0.3) is 5.69 Å². The van der Waals surface area contributed by atoms with Crippen LogP contribution in [0.3, 0.4) is 0 Å². The summed E-state index contributed by atoms with van der Waals surface area (Å²) in [6.45, 7) is 2.27. The first-order chi connectivity index (χ1) is 20.8. The topological polar surface area (TPSA) is 127 Å². The fraction of sp³-hybridized carbons (Fsp3) is 0.290. The highest BCUT2D eigenvalue weighted by Gasteiger charge is 2.24. The molecule has 2 aromatic carbocycles. The predicted octanol–water partition coefficient (Wildman–Crippen LogP) is 5.16. The largest absolute Gasteiger partial charge is 0.494 e. The normalized spacial score (nSPS) is 12.5.